The number of quaternary nitrogens is 1. The predicted molar refractivity (Wildman–Crippen MR) is 46.2 cm³/mol. The van der Waals surface area contributed by atoms with Crippen LogP contribution in [0.5, 0.6) is 11.5 Å². The van der Waals surface area contributed by atoms with Gasteiger partial charge in [-0.15, -0.1) is 0 Å². The van der Waals surface area contributed by atoms with E-state index in [9.17, 15) is 0 Å². The van der Waals surface area contributed by atoms with Gasteiger partial charge in [0.1, 0.15) is 13.2 Å². The van der Waals surface area contributed by atoms with E-state index in [0.29, 0.717) is 6.61 Å². The van der Waals surface area contributed by atoms with Crippen molar-refractivity contribution >= 4 is 0 Å². The molecule has 0 heterocycles. The van der Waals surface area contributed by atoms with Gasteiger partial charge in [-0.25, -0.2) is 0 Å². The summed E-state index contributed by atoms with van der Waals surface area (Å²) in [5.41, 5.74) is 3.69. The predicted octanol–water partition coefficient (Wildman–Crippen LogP) is 0.316. The topological polar surface area (TPSA) is 46.1 Å². The Kier molecular flexibility index (Phi) is 3.41. The number of ether oxygens (including phenoxy) is 2. The molecule has 0 spiro atoms. The summed E-state index contributed by atoms with van der Waals surface area (Å²) in [4.78, 5) is 0. The van der Waals surface area contributed by atoms with Crippen molar-refractivity contribution in [1.29, 1.82) is 0 Å². The van der Waals surface area contributed by atoms with Gasteiger partial charge in [0.25, 0.3) is 0 Å². The van der Waals surface area contributed by atoms with E-state index in [2.05, 4.69) is 5.73 Å². The highest BCUT2D eigenvalue weighted by Gasteiger charge is 2.00. The molecule has 1 aromatic rings. The molecular weight excluding hydrogens is 154 g/mol. The first kappa shape index (κ1) is 8.87. The quantitative estimate of drug-likeness (QED) is 0.703. The van der Waals surface area contributed by atoms with Crippen LogP contribution >= 0.6 is 0 Å². The molecule has 0 saturated carbocycles. The Bertz CT molecular complexity index is 238. The summed E-state index contributed by atoms with van der Waals surface area (Å²) in [7, 11) is 1.63. The average molecular weight is 168 g/mol. The maximum Gasteiger partial charge on any atom is 0.161 e. The maximum atomic E-state index is 5.39. The van der Waals surface area contributed by atoms with Gasteiger partial charge in [-0.1, -0.05) is 12.1 Å². The van der Waals surface area contributed by atoms with Crippen LogP contribution in [0.4, 0.5) is 0 Å². The van der Waals surface area contributed by atoms with Crippen LogP contribution in [-0.4, -0.2) is 20.3 Å². The van der Waals surface area contributed by atoms with E-state index < -0.39 is 0 Å². The number of benzene rings is 1. The maximum absolute atomic E-state index is 5.39. The number of rotatable bonds is 4. The van der Waals surface area contributed by atoms with Crippen molar-refractivity contribution in [3.63, 3.8) is 0 Å². The van der Waals surface area contributed by atoms with Gasteiger partial charge in [0.05, 0.1) is 7.11 Å². The van der Waals surface area contributed by atoms with Crippen molar-refractivity contribution < 1.29 is 15.2 Å². The molecule has 0 saturated heterocycles. The molecule has 0 bridgehead atoms. The fourth-order valence-electron chi connectivity index (χ4n) is 0.920. The normalized spacial score (nSPS) is 9.50. The van der Waals surface area contributed by atoms with Gasteiger partial charge in [0.2, 0.25) is 0 Å². The second kappa shape index (κ2) is 4.62. The SMILES string of the molecule is COc1ccccc1OCC[NH3+]. The molecule has 12 heavy (non-hydrogen) atoms. The molecule has 1 rings (SSSR count). The lowest BCUT2D eigenvalue weighted by atomic mass is 10.3. The minimum Gasteiger partial charge on any atom is -0.493 e. The van der Waals surface area contributed by atoms with E-state index >= 15 is 0 Å². The first-order chi connectivity index (χ1) is 5.88. The lowest BCUT2D eigenvalue weighted by molar-refractivity contribution is -0.370. The minimum absolute atomic E-state index is 0.625. The summed E-state index contributed by atoms with van der Waals surface area (Å²) in [6, 6.07) is 7.59. The third kappa shape index (κ3) is 2.13. The smallest absolute Gasteiger partial charge is 0.161 e. The summed E-state index contributed by atoms with van der Waals surface area (Å²) >= 11 is 0. The number of hydrogen-bond donors (Lipinski definition) is 1. The Morgan fingerprint density at radius 2 is 1.92 bits per heavy atom. The number of hydrogen-bond acceptors (Lipinski definition) is 2. The van der Waals surface area contributed by atoms with Crippen LogP contribution in [0, 0.1) is 0 Å². The zero-order chi connectivity index (χ0) is 8.81. The summed E-state index contributed by atoms with van der Waals surface area (Å²) in [5, 5.41) is 0. The first-order valence-electron chi connectivity index (χ1n) is 3.93. The summed E-state index contributed by atoms with van der Waals surface area (Å²) in [6.07, 6.45) is 0. The lowest BCUT2D eigenvalue weighted by Gasteiger charge is -2.07. The molecule has 1 aromatic carbocycles. The van der Waals surface area contributed by atoms with Crippen LogP contribution < -0.4 is 15.2 Å². The molecule has 3 heteroatoms. The monoisotopic (exact) mass is 168 g/mol. The van der Waals surface area contributed by atoms with E-state index in [0.717, 1.165) is 18.0 Å². The third-order valence-corrected chi connectivity index (χ3v) is 1.47. The minimum atomic E-state index is 0.625. The van der Waals surface area contributed by atoms with Crippen LogP contribution in [0.15, 0.2) is 24.3 Å². The van der Waals surface area contributed by atoms with E-state index in [1.165, 1.54) is 0 Å². The molecule has 0 unspecified atom stereocenters. The molecule has 3 N–H and O–H groups in total. The van der Waals surface area contributed by atoms with Gasteiger partial charge in [-0.2, -0.15) is 0 Å². The fourth-order valence-corrected chi connectivity index (χ4v) is 0.920. The molecule has 0 aromatic heterocycles. The van der Waals surface area contributed by atoms with Crippen molar-refractivity contribution in [3.8, 4) is 11.5 Å². The van der Waals surface area contributed by atoms with E-state index in [4.69, 9.17) is 9.47 Å². The fraction of sp³-hybridized carbons (Fsp3) is 0.333. The Morgan fingerprint density at radius 1 is 1.25 bits per heavy atom. The Morgan fingerprint density at radius 3 is 2.50 bits per heavy atom. The van der Waals surface area contributed by atoms with Crippen LogP contribution in [0.25, 0.3) is 0 Å². The van der Waals surface area contributed by atoms with Crippen molar-refractivity contribution in [3.05, 3.63) is 24.3 Å². The van der Waals surface area contributed by atoms with Crippen LogP contribution in [0.1, 0.15) is 0 Å². The van der Waals surface area contributed by atoms with Gasteiger partial charge >= 0.3 is 0 Å². The van der Waals surface area contributed by atoms with Crippen molar-refractivity contribution in [2.24, 2.45) is 0 Å². The zero-order valence-corrected chi connectivity index (χ0v) is 7.25. The molecule has 0 radical (unpaired) electrons. The molecular formula is C9H14NO2+. The highest BCUT2D eigenvalue weighted by atomic mass is 16.5. The molecule has 0 aliphatic carbocycles. The van der Waals surface area contributed by atoms with Crippen molar-refractivity contribution in [2.45, 2.75) is 0 Å². The zero-order valence-electron chi connectivity index (χ0n) is 7.25. The van der Waals surface area contributed by atoms with Crippen LogP contribution in [-0.2, 0) is 0 Å². The second-order valence-electron chi connectivity index (χ2n) is 2.35. The van der Waals surface area contributed by atoms with Gasteiger partial charge in [0.15, 0.2) is 11.5 Å². The number of methoxy groups -OCH3 is 1. The summed E-state index contributed by atoms with van der Waals surface area (Å²) < 4.78 is 10.5. The Labute approximate surface area is 72.1 Å². The molecule has 0 atom stereocenters. The van der Waals surface area contributed by atoms with Gasteiger partial charge in [-0.3, -0.25) is 0 Å². The van der Waals surface area contributed by atoms with Crippen LogP contribution in [0.2, 0.25) is 0 Å². The molecule has 0 aliphatic rings. The number of para-hydroxylation sites is 2. The Hall–Kier alpha value is -1.22. The van der Waals surface area contributed by atoms with E-state index in [-0.39, 0.29) is 0 Å². The summed E-state index contributed by atoms with van der Waals surface area (Å²) in [6.45, 7) is 1.39. The van der Waals surface area contributed by atoms with Crippen LogP contribution in [0.3, 0.4) is 0 Å². The standard InChI is InChI=1S/C9H13NO2/c1-11-8-4-2-3-5-9(8)12-7-6-10/h2-5H,6-7,10H2,1H3/p+1. The highest BCUT2D eigenvalue weighted by molar-refractivity contribution is 5.39. The van der Waals surface area contributed by atoms with Gasteiger partial charge < -0.3 is 15.2 Å². The third-order valence-electron chi connectivity index (χ3n) is 1.47. The van der Waals surface area contributed by atoms with Gasteiger partial charge in [-0.05, 0) is 12.1 Å². The summed E-state index contributed by atoms with van der Waals surface area (Å²) in [5.74, 6) is 1.55. The van der Waals surface area contributed by atoms with Crippen molar-refractivity contribution in [2.75, 3.05) is 20.3 Å². The lowest BCUT2D eigenvalue weighted by Crippen LogP contribution is -2.52. The second-order valence-corrected chi connectivity index (χ2v) is 2.35. The molecule has 0 fully saturated rings. The average Bonchev–Trinajstić information content (AvgIpc) is 2.15. The molecule has 0 amide bonds. The van der Waals surface area contributed by atoms with E-state index in [1.807, 2.05) is 24.3 Å². The van der Waals surface area contributed by atoms with Gasteiger partial charge in [0, 0.05) is 0 Å². The van der Waals surface area contributed by atoms with Crippen molar-refractivity contribution in [1.82, 2.24) is 0 Å². The molecule has 3 nitrogen and oxygen atoms in total. The Balaban J connectivity index is 2.68. The largest absolute Gasteiger partial charge is 0.493 e. The molecule has 66 valence electrons. The molecule has 0 aliphatic heterocycles. The first-order valence-corrected chi connectivity index (χ1v) is 3.93. The van der Waals surface area contributed by atoms with E-state index in [1.54, 1.807) is 7.11 Å². The highest BCUT2D eigenvalue weighted by Crippen LogP contribution is 2.25.